The monoisotopic (exact) mass is 487 g/mol. The first-order chi connectivity index (χ1) is 15.2. The zero-order valence-electron chi connectivity index (χ0n) is 20.9. The molecule has 1 aliphatic heterocycles. The summed E-state index contributed by atoms with van der Waals surface area (Å²) in [5, 5.41) is 0. The van der Waals surface area contributed by atoms with Gasteiger partial charge in [-0.05, 0) is 51.9 Å². The number of nitrogens with zero attached hydrogens (tertiary/aromatic N) is 1. The topological polar surface area (TPSA) is 63.7 Å². The molecule has 186 valence electrons. The molecule has 0 aliphatic carbocycles. The second kappa shape index (κ2) is 17.0. The van der Waals surface area contributed by atoms with Crippen LogP contribution < -0.4 is 0 Å². The Labute approximate surface area is 203 Å². The van der Waals surface area contributed by atoms with Crippen molar-refractivity contribution >= 4 is 39.1 Å². The molecule has 1 rings (SSSR count). The summed E-state index contributed by atoms with van der Waals surface area (Å²) in [5.41, 5.74) is 0. The number of carbonyl (C=O) groups excluding carboxylic acids is 3. The Kier molecular flexibility index (Phi) is 15.7. The molecular weight excluding hydrogens is 442 g/mol. The minimum atomic E-state index is 0.100. The molecule has 1 aliphatic rings. The van der Waals surface area contributed by atoms with E-state index in [4.69, 9.17) is 4.74 Å². The molecule has 1 fully saturated rings. The maximum Gasteiger partial charge on any atom is 0.222 e. The van der Waals surface area contributed by atoms with Crippen LogP contribution in [0.4, 0.5) is 0 Å². The zero-order chi connectivity index (χ0) is 23.9. The summed E-state index contributed by atoms with van der Waals surface area (Å²) in [7, 11) is 3.61. The fourth-order valence-corrected chi connectivity index (χ4v) is 6.00. The molecule has 2 atom stereocenters. The molecular formula is C25H45NO4S2. The van der Waals surface area contributed by atoms with Crippen LogP contribution >= 0.6 is 21.6 Å². The number of rotatable bonds is 18. The van der Waals surface area contributed by atoms with Gasteiger partial charge < -0.3 is 9.64 Å². The van der Waals surface area contributed by atoms with Gasteiger partial charge in [0.25, 0.3) is 0 Å². The lowest BCUT2D eigenvalue weighted by Crippen LogP contribution is -2.38. The third-order valence-corrected chi connectivity index (χ3v) is 8.30. The summed E-state index contributed by atoms with van der Waals surface area (Å²) in [6.45, 7) is 11.6. The molecule has 1 saturated heterocycles. The van der Waals surface area contributed by atoms with Crippen molar-refractivity contribution < 1.29 is 19.1 Å². The molecule has 0 aromatic carbocycles. The second-order valence-electron chi connectivity index (χ2n) is 9.64. The van der Waals surface area contributed by atoms with E-state index in [1.807, 2.05) is 32.6 Å². The second-order valence-corrected chi connectivity index (χ2v) is 12.3. The molecule has 0 bridgehead atoms. The molecule has 32 heavy (non-hydrogen) atoms. The van der Waals surface area contributed by atoms with E-state index in [0.29, 0.717) is 49.8 Å². The average molecular weight is 488 g/mol. The van der Waals surface area contributed by atoms with Gasteiger partial charge in [0.2, 0.25) is 5.91 Å². The lowest BCUT2D eigenvalue weighted by atomic mass is 10.0. The Bertz CT molecular complexity index is 568. The molecule has 0 N–H and O–H groups in total. The largest absolute Gasteiger partial charge is 0.377 e. The molecule has 0 aromatic heterocycles. The lowest BCUT2D eigenvalue weighted by molar-refractivity contribution is -0.133. The molecule has 1 heterocycles. The Balaban J connectivity index is 2.02. The van der Waals surface area contributed by atoms with Gasteiger partial charge in [-0.3, -0.25) is 14.4 Å². The number of likely N-dealkylation sites (tertiary alicyclic amines) is 1. The smallest absolute Gasteiger partial charge is 0.222 e. The maximum atomic E-state index is 12.6. The fraction of sp³-hybridized carbons (Fsp3) is 0.880. The van der Waals surface area contributed by atoms with Crippen molar-refractivity contribution in [1.29, 1.82) is 0 Å². The van der Waals surface area contributed by atoms with E-state index < -0.39 is 0 Å². The van der Waals surface area contributed by atoms with Gasteiger partial charge in [-0.15, -0.1) is 0 Å². The fourth-order valence-electron chi connectivity index (χ4n) is 3.83. The Hall–Kier alpha value is -0.530. The number of ether oxygens (including phenoxy) is 1. The van der Waals surface area contributed by atoms with Crippen molar-refractivity contribution in [1.82, 2.24) is 4.90 Å². The van der Waals surface area contributed by atoms with Gasteiger partial charge in [0, 0.05) is 49.7 Å². The summed E-state index contributed by atoms with van der Waals surface area (Å²) in [5.74, 6) is 3.45. The van der Waals surface area contributed by atoms with Crippen molar-refractivity contribution in [2.45, 2.75) is 105 Å². The minimum absolute atomic E-state index is 0.100. The van der Waals surface area contributed by atoms with Gasteiger partial charge >= 0.3 is 0 Å². The van der Waals surface area contributed by atoms with Gasteiger partial charge in [-0.2, -0.15) is 0 Å². The van der Waals surface area contributed by atoms with E-state index in [1.165, 1.54) is 0 Å². The normalized spacial score (nSPS) is 18.7. The van der Waals surface area contributed by atoms with Crippen LogP contribution in [-0.2, 0) is 19.1 Å². The van der Waals surface area contributed by atoms with Gasteiger partial charge in [0.15, 0.2) is 0 Å². The molecule has 7 heteroatoms. The number of Topliss-reactive ketones (excluding diaryl/α,β-unsaturated/α-hetero) is 2. The highest BCUT2D eigenvalue weighted by molar-refractivity contribution is 8.76. The third-order valence-electron chi connectivity index (χ3n) is 5.72. The Morgan fingerprint density at radius 3 is 2.12 bits per heavy atom. The lowest BCUT2D eigenvalue weighted by Gasteiger charge is -2.25. The van der Waals surface area contributed by atoms with Crippen LogP contribution in [0.15, 0.2) is 0 Å². The van der Waals surface area contributed by atoms with Gasteiger partial charge in [-0.25, -0.2) is 0 Å². The summed E-state index contributed by atoms with van der Waals surface area (Å²) < 4.78 is 5.76. The molecule has 0 radical (unpaired) electrons. The summed E-state index contributed by atoms with van der Waals surface area (Å²) in [4.78, 5) is 38.2. The quantitative estimate of drug-likeness (QED) is 0.176. The van der Waals surface area contributed by atoms with E-state index in [2.05, 4.69) is 6.92 Å². The van der Waals surface area contributed by atoms with E-state index in [9.17, 15) is 14.4 Å². The summed E-state index contributed by atoms with van der Waals surface area (Å²) in [6.07, 6.45) is 7.14. The highest BCUT2D eigenvalue weighted by Gasteiger charge is 2.32. The highest BCUT2D eigenvalue weighted by atomic mass is 33.1. The van der Waals surface area contributed by atoms with Crippen LogP contribution in [0.25, 0.3) is 0 Å². The number of amides is 1. The predicted molar refractivity (Wildman–Crippen MR) is 137 cm³/mol. The number of unbranched alkanes of at least 4 members (excludes halogenated alkanes) is 1. The first-order valence-electron chi connectivity index (χ1n) is 12.4. The zero-order valence-corrected chi connectivity index (χ0v) is 22.5. The Morgan fingerprint density at radius 1 is 0.906 bits per heavy atom. The van der Waals surface area contributed by atoms with Crippen LogP contribution in [0.5, 0.6) is 0 Å². The Morgan fingerprint density at radius 2 is 1.50 bits per heavy atom. The van der Waals surface area contributed by atoms with Crippen LogP contribution in [0.1, 0.15) is 92.4 Å². The minimum Gasteiger partial charge on any atom is -0.377 e. The van der Waals surface area contributed by atoms with Crippen LogP contribution in [0.3, 0.4) is 0 Å². The molecule has 0 spiro atoms. The average Bonchev–Trinajstić information content (AvgIpc) is 3.11. The van der Waals surface area contributed by atoms with Crippen molar-refractivity contribution in [3.8, 4) is 0 Å². The number of ketones is 2. The highest BCUT2D eigenvalue weighted by Crippen LogP contribution is 2.27. The van der Waals surface area contributed by atoms with E-state index in [0.717, 1.165) is 50.2 Å². The predicted octanol–water partition coefficient (Wildman–Crippen LogP) is 5.94. The number of carbonyl (C=O) groups is 3. The maximum absolute atomic E-state index is 12.6. The van der Waals surface area contributed by atoms with E-state index in [-0.39, 0.29) is 24.0 Å². The molecule has 1 amide bonds. The molecule has 0 saturated carbocycles. The van der Waals surface area contributed by atoms with Crippen LogP contribution in [0.2, 0.25) is 0 Å². The molecule has 5 nitrogen and oxygen atoms in total. The van der Waals surface area contributed by atoms with Crippen molar-refractivity contribution in [3.63, 3.8) is 0 Å². The van der Waals surface area contributed by atoms with Gasteiger partial charge in [0.05, 0.1) is 18.8 Å². The summed E-state index contributed by atoms with van der Waals surface area (Å²) >= 11 is 0. The van der Waals surface area contributed by atoms with Crippen molar-refractivity contribution in [2.24, 2.45) is 11.8 Å². The SMILES string of the molecule is CC(C)OC[C@@H]1C[C@@H](C)CN1C(=O)CCCSSCCCC(=O)CCCCC(=O)C(C)C. The number of hydrogen-bond donors (Lipinski definition) is 0. The standard InChI is InChI=1S/C25H45NO4S2/c1-19(2)24(28)12-7-6-10-23(27)11-8-14-31-32-15-9-13-25(29)26-17-21(5)16-22(26)18-30-20(3)4/h19-22H,6-18H2,1-5H3/t21-,22+/m1/s1. The van der Waals surface area contributed by atoms with Crippen molar-refractivity contribution in [3.05, 3.63) is 0 Å². The van der Waals surface area contributed by atoms with E-state index in [1.54, 1.807) is 21.6 Å². The first-order valence-corrected chi connectivity index (χ1v) is 14.9. The van der Waals surface area contributed by atoms with Crippen molar-refractivity contribution in [2.75, 3.05) is 24.7 Å². The molecule has 0 aromatic rings. The molecule has 0 unspecified atom stereocenters. The van der Waals surface area contributed by atoms with Crippen LogP contribution in [-0.4, -0.2) is 59.2 Å². The first kappa shape index (κ1) is 29.5. The van der Waals surface area contributed by atoms with E-state index >= 15 is 0 Å². The van der Waals surface area contributed by atoms with Crippen LogP contribution in [0, 0.1) is 11.8 Å². The third kappa shape index (κ3) is 13.2. The number of hydrogen-bond acceptors (Lipinski definition) is 6. The summed E-state index contributed by atoms with van der Waals surface area (Å²) in [6, 6.07) is 0.232. The van der Waals surface area contributed by atoms with Gasteiger partial charge in [0.1, 0.15) is 11.6 Å². The van der Waals surface area contributed by atoms with Gasteiger partial charge in [-0.1, -0.05) is 42.4 Å².